The minimum Gasteiger partial charge on any atom is -0.466 e. The predicted molar refractivity (Wildman–Crippen MR) is 89.3 cm³/mol. The van der Waals surface area contributed by atoms with Crippen LogP contribution >= 0.6 is 0 Å². The van der Waals surface area contributed by atoms with Gasteiger partial charge in [0.05, 0.1) is 25.0 Å². The smallest absolute Gasteiger partial charge is 0.410 e. The number of piperidine rings is 1. The van der Waals surface area contributed by atoms with Gasteiger partial charge in [0, 0.05) is 6.04 Å². The Morgan fingerprint density at radius 3 is 2.36 bits per heavy atom. The molecule has 9 heteroatoms. The van der Waals surface area contributed by atoms with Gasteiger partial charge in [0.1, 0.15) is 11.5 Å². The second-order valence-corrected chi connectivity index (χ2v) is 9.14. The van der Waals surface area contributed by atoms with Crippen LogP contribution in [0.25, 0.3) is 0 Å². The van der Waals surface area contributed by atoms with Gasteiger partial charge in [0.15, 0.2) is 0 Å². The molecule has 4 atom stereocenters. The fourth-order valence-corrected chi connectivity index (χ4v) is 4.28. The number of carbonyl (C=O) groups excluding carboxylic acids is 2. The Bertz CT molecular complexity index is 625. The Labute approximate surface area is 148 Å². The largest absolute Gasteiger partial charge is 0.466 e. The van der Waals surface area contributed by atoms with E-state index in [9.17, 15) is 18.0 Å². The van der Waals surface area contributed by atoms with Gasteiger partial charge in [0.25, 0.3) is 10.1 Å². The summed E-state index contributed by atoms with van der Waals surface area (Å²) in [5.41, 5.74) is -0.657. The van der Waals surface area contributed by atoms with Gasteiger partial charge in [-0.25, -0.2) is 4.79 Å². The van der Waals surface area contributed by atoms with Crippen LogP contribution in [0.1, 0.15) is 47.0 Å². The molecule has 0 saturated carbocycles. The molecule has 0 aromatic rings. The third kappa shape index (κ3) is 4.84. The van der Waals surface area contributed by atoms with Crippen LogP contribution in [-0.2, 0) is 28.6 Å². The van der Waals surface area contributed by atoms with E-state index >= 15 is 0 Å². The predicted octanol–water partition coefficient (Wildman–Crippen LogP) is 1.68. The molecule has 3 unspecified atom stereocenters. The van der Waals surface area contributed by atoms with Crippen LogP contribution < -0.4 is 0 Å². The summed E-state index contributed by atoms with van der Waals surface area (Å²) < 4.78 is 38.9. The van der Waals surface area contributed by atoms with Crippen molar-refractivity contribution in [2.75, 3.05) is 12.9 Å². The Hall–Kier alpha value is -1.35. The zero-order valence-corrected chi connectivity index (χ0v) is 16.2. The van der Waals surface area contributed by atoms with Crippen molar-refractivity contribution in [2.45, 2.75) is 70.7 Å². The average Bonchev–Trinajstić information content (AvgIpc) is 2.71. The van der Waals surface area contributed by atoms with E-state index in [-0.39, 0.29) is 19.1 Å². The third-order valence-electron chi connectivity index (χ3n) is 4.33. The molecule has 0 radical (unpaired) electrons. The molecule has 2 fully saturated rings. The fourth-order valence-electron chi connectivity index (χ4n) is 3.63. The summed E-state index contributed by atoms with van der Waals surface area (Å²) in [7, 11) is -3.73. The summed E-state index contributed by atoms with van der Waals surface area (Å²) in [6.45, 7) is 7.17. The molecule has 0 spiro atoms. The van der Waals surface area contributed by atoms with Crippen LogP contribution in [0.15, 0.2) is 0 Å². The lowest BCUT2D eigenvalue weighted by Crippen LogP contribution is -2.57. The third-order valence-corrected chi connectivity index (χ3v) is 4.92. The number of hydrogen-bond donors (Lipinski definition) is 0. The Morgan fingerprint density at radius 2 is 1.84 bits per heavy atom. The topological polar surface area (TPSA) is 99.2 Å². The van der Waals surface area contributed by atoms with E-state index in [0.717, 1.165) is 6.26 Å². The summed E-state index contributed by atoms with van der Waals surface area (Å²) in [6.07, 6.45) is 1.14. The number of hydrogen-bond acceptors (Lipinski definition) is 7. The second kappa shape index (κ2) is 7.11. The SMILES string of the molecule is CCOC(=O)C1C(OS(C)(=O)=O)CC2CC[C@@H]1N2C(=O)OC(C)(C)C. The average molecular weight is 377 g/mol. The molecule has 0 aromatic carbocycles. The van der Waals surface area contributed by atoms with Crippen molar-refractivity contribution >= 4 is 22.2 Å². The van der Waals surface area contributed by atoms with E-state index < -0.39 is 45.8 Å². The molecule has 0 aromatic heterocycles. The molecule has 2 bridgehead atoms. The molecule has 0 aliphatic carbocycles. The van der Waals surface area contributed by atoms with E-state index in [0.29, 0.717) is 12.8 Å². The zero-order chi connectivity index (χ0) is 19.0. The van der Waals surface area contributed by atoms with E-state index in [4.69, 9.17) is 13.7 Å². The minimum atomic E-state index is -3.73. The minimum absolute atomic E-state index is 0.170. The van der Waals surface area contributed by atoms with Gasteiger partial charge in [-0.3, -0.25) is 8.98 Å². The number of fused-ring (bicyclic) bond motifs is 2. The number of esters is 1. The molecule has 2 rings (SSSR count). The quantitative estimate of drug-likeness (QED) is 0.543. The normalized spacial score (nSPS) is 29.4. The highest BCUT2D eigenvalue weighted by molar-refractivity contribution is 7.86. The molecule has 25 heavy (non-hydrogen) atoms. The maximum absolute atomic E-state index is 12.6. The van der Waals surface area contributed by atoms with Gasteiger partial charge in [-0.05, 0) is 47.0 Å². The van der Waals surface area contributed by atoms with Crippen LogP contribution in [0.4, 0.5) is 4.79 Å². The van der Waals surface area contributed by atoms with Gasteiger partial charge in [0.2, 0.25) is 0 Å². The molecule has 2 aliphatic heterocycles. The van der Waals surface area contributed by atoms with Crippen molar-refractivity contribution in [1.29, 1.82) is 0 Å². The highest BCUT2D eigenvalue weighted by Gasteiger charge is 2.54. The van der Waals surface area contributed by atoms with Gasteiger partial charge in [-0.15, -0.1) is 0 Å². The molecule has 2 aliphatic rings. The van der Waals surface area contributed by atoms with Crippen molar-refractivity contribution in [3.05, 3.63) is 0 Å². The Balaban J connectivity index is 2.29. The summed E-state index contributed by atoms with van der Waals surface area (Å²) in [5.74, 6) is -1.39. The van der Waals surface area contributed by atoms with Crippen molar-refractivity contribution in [3.8, 4) is 0 Å². The summed E-state index contributed by atoms with van der Waals surface area (Å²) in [6, 6.07) is -0.698. The molecule has 2 saturated heterocycles. The van der Waals surface area contributed by atoms with E-state index in [1.54, 1.807) is 32.6 Å². The van der Waals surface area contributed by atoms with E-state index in [1.165, 1.54) is 0 Å². The standard InChI is InChI=1S/C16H27NO7S/c1-6-22-14(18)13-11-8-7-10(9-12(13)24-25(5,20)21)17(11)15(19)23-16(2,3)4/h10-13H,6-9H2,1-5H3/t10?,11-,12?,13?/m0/s1. The van der Waals surface area contributed by atoms with Gasteiger partial charge < -0.3 is 14.4 Å². The van der Waals surface area contributed by atoms with E-state index in [1.807, 2.05) is 0 Å². The van der Waals surface area contributed by atoms with Crippen molar-refractivity contribution in [3.63, 3.8) is 0 Å². The number of nitrogens with zero attached hydrogens (tertiary/aromatic N) is 1. The number of carbonyl (C=O) groups is 2. The first-order chi connectivity index (χ1) is 11.4. The van der Waals surface area contributed by atoms with Crippen molar-refractivity contribution in [2.24, 2.45) is 5.92 Å². The van der Waals surface area contributed by atoms with Crippen LogP contribution in [0.2, 0.25) is 0 Å². The van der Waals surface area contributed by atoms with Gasteiger partial charge in [-0.2, -0.15) is 8.42 Å². The van der Waals surface area contributed by atoms with Crippen LogP contribution in [-0.4, -0.2) is 62.0 Å². The highest BCUT2D eigenvalue weighted by Crippen LogP contribution is 2.42. The fraction of sp³-hybridized carbons (Fsp3) is 0.875. The molecular formula is C16H27NO7S. The maximum atomic E-state index is 12.6. The monoisotopic (exact) mass is 377 g/mol. The molecule has 8 nitrogen and oxygen atoms in total. The summed E-state index contributed by atoms with van der Waals surface area (Å²) >= 11 is 0. The first-order valence-electron chi connectivity index (χ1n) is 8.49. The molecule has 1 amide bonds. The molecule has 0 N–H and O–H groups in total. The Kier molecular flexibility index (Phi) is 5.68. The number of ether oxygens (including phenoxy) is 2. The number of amides is 1. The van der Waals surface area contributed by atoms with Crippen molar-refractivity contribution < 1.29 is 31.7 Å². The molecular weight excluding hydrogens is 350 g/mol. The summed E-state index contributed by atoms with van der Waals surface area (Å²) in [5, 5.41) is 0. The lowest BCUT2D eigenvalue weighted by molar-refractivity contribution is -0.156. The highest BCUT2D eigenvalue weighted by atomic mass is 32.2. The van der Waals surface area contributed by atoms with E-state index in [2.05, 4.69) is 0 Å². The van der Waals surface area contributed by atoms with Crippen molar-refractivity contribution in [1.82, 2.24) is 4.90 Å². The molecule has 144 valence electrons. The van der Waals surface area contributed by atoms with Gasteiger partial charge >= 0.3 is 12.1 Å². The van der Waals surface area contributed by atoms with Crippen LogP contribution in [0, 0.1) is 5.92 Å². The lowest BCUT2D eigenvalue weighted by atomic mass is 9.87. The zero-order valence-electron chi connectivity index (χ0n) is 15.4. The van der Waals surface area contributed by atoms with Crippen LogP contribution in [0.3, 0.4) is 0 Å². The first kappa shape index (κ1) is 20.0. The Morgan fingerprint density at radius 1 is 1.20 bits per heavy atom. The second-order valence-electron chi connectivity index (χ2n) is 7.54. The lowest BCUT2D eigenvalue weighted by Gasteiger charge is -2.42. The maximum Gasteiger partial charge on any atom is 0.410 e. The van der Waals surface area contributed by atoms with Gasteiger partial charge in [-0.1, -0.05) is 0 Å². The molecule has 2 heterocycles. The number of rotatable bonds is 4. The first-order valence-corrected chi connectivity index (χ1v) is 10.3. The summed E-state index contributed by atoms with van der Waals surface area (Å²) in [4.78, 5) is 26.6. The van der Waals surface area contributed by atoms with Crippen LogP contribution in [0.5, 0.6) is 0 Å².